The summed E-state index contributed by atoms with van der Waals surface area (Å²) in [6.07, 6.45) is 3.58. The monoisotopic (exact) mass is 324 g/mol. The quantitative estimate of drug-likeness (QED) is 0.677. The van der Waals surface area contributed by atoms with Crippen LogP contribution < -0.4 is 5.32 Å². The number of rotatable bonds is 5. The maximum absolute atomic E-state index is 10.9. The summed E-state index contributed by atoms with van der Waals surface area (Å²) >= 11 is 3.32. The Balaban J connectivity index is 2.05. The molecule has 0 spiro atoms. The number of aryl methyl sites for hydroxylation is 1. The molecule has 0 fully saturated rings. The summed E-state index contributed by atoms with van der Waals surface area (Å²) in [4.78, 5) is 14.7. The van der Waals surface area contributed by atoms with Crippen molar-refractivity contribution in [1.29, 1.82) is 0 Å². The summed E-state index contributed by atoms with van der Waals surface area (Å²) in [7, 11) is 1.91. The van der Waals surface area contributed by atoms with Crippen molar-refractivity contribution in [2.45, 2.75) is 13.1 Å². The third kappa shape index (κ3) is 3.39. The van der Waals surface area contributed by atoms with E-state index in [2.05, 4.69) is 26.2 Å². The van der Waals surface area contributed by atoms with Gasteiger partial charge in [0.15, 0.2) is 0 Å². The third-order valence-corrected chi connectivity index (χ3v) is 3.25. The Labute approximate surface area is 118 Å². The minimum atomic E-state index is -0.371. The fraction of sp³-hybridized carbons (Fsp3) is 0.250. The molecular formula is C12H13BrN4O2. The topological polar surface area (TPSA) is 73.0 Å². The Bertz CT molecular complexity index is 597. The lowest BCUT2D eigenvalue weighted by Gasteiger charge is -2.06. The van der Waals surface area contributed by atoms with Crippen LogP contribution in [0.5, 0.6) is 0 Å². The lowest BCUT2D eigenvalue weighted by atomic mass is 10.2. The lowest BCUT2D eigenvalue weighted by molar-refractivity contribution is -0.385. The van der Waals surface area contributed by atoms with Gasteiger partial charge in [0.2, 0.25) is 0 Å². The second kappa shape index (κ2) is 5.94. The maximum Gasteiger partial charge on any atom is 0.273 e. The van der Waals surface area contributed by atoms with Gasteiger partial charge in [0.25, 0.3) is 5.69 Å². The Hall–Kier alpha value is -1.73. The van der Waals surface area contributed by atoms with Crippen molar-refractivity contribution < 1.29 is 4.92 Å². The van der Waals surface area contributed by atoms with Gasteiger partial charge in [0.1, 0.15) is 5.82 Å². The first-order chi connectivity index (χ1) is 9.08. The van der Waals surface area contributed by atoms with Crippen LogP contribution in [-0.4, -0.2) is 14.5 Å². The molecule has 100 valence electrons. The zero-order valence-electron chi connectivity index (χ0n) is 10.3. The second-order valence-corrected chi connectivity index (χ2v) is 5.00. The van der Waals surface area contributed by atoms with Crippen LogP contribution >= 0.6 is 15.9 Å². The summed E-state index contributed by atoms with van der Waals surface area (Å²) in [6.45, 7) is 0.982. The Morgan fingerprint density at radius 1 is 1.47 bits per heavy atom. The van der Waals surface area contributed by atoms with E-state index in [9.17, 15) is 10.1 Å². The average Bonchev–Trinajstić information content (AvgIpc) is 2.75. The van der Waals surface area contributed by atoms with Crippen LogP contribution in [0.25, 0.3) is 0 Å². The van der Waals surface area contributed by atoms with Crippen LogP contribution in [-0.2, 0) is 20.1 Å². The first-order valence-electron chi connectivity index (χ1n) is 5.67. The van der Waals surface area contributed by atoms with Gasteiger partial charge >= 0.3 is 0 Å². The molecule has 1 aromatic carbocycles. The Morgan fingerprint density at radius 3 is 2.89 bits per heavy atom. The molecule has 0 saturated heterocycles. The van der Waals surface area contributed by atoms with Gasteiger partial charge in [-0.05, 0) is 12.1 Å². The first kappa shape index (κ1) is 13.7. The molecule has 1 heterocycles. The summed E-state index contributed by atoms with van der Waals surface area (Å²) in [5.41, 5.74) is 0.768. The summed E-state index contributed by atoms with van der Waals surface area (Å²) in [5.74, 6) is 0.887. The molecule has 0 aliphatic rings. The van der Waals surface area contributed by atoms with Crippen molar-refractivity contribution in [3.63, 3.8) is 0 Å². The van der Waals surface area contributed by atoms with Gasteiger partial charge < -0.3 is 9.88 Å². The van der Waals surface area contributed by atoms with E-state index in [-0.39, 0.29) is 10.6 Å². The van der Waals surface area contributed by atoms with Gasteiger partial charge in [-0.1, -0.05) is 15.9 Å². The smallest absolute Gasteiger partial charge is 0.273 e. The van der Waals surface area contributed by atoms with Gasteiger partial charge in [-0.2, -0.15) is 0 Å². The number of benzene rings is 1. The number of hydrogen-bond acceptors (Lipinski definition) is 4. The summed E-state index contributed by atoms with van der Waals surface area (Å²) in [5, 5.41) is 14.1. The molecule has 6 nitrogen and oxygen atoms in total. The molecule has 0 amide bonds. The van der Waals surface area contributed by atoms with E-state index in [1.165, 1.54) is 6.07 Å². The van der Waals surface area contributed by atoms with Gasteiger partial charge in [-0.25, -0.2) is 4.98 Å². The van der Waals surface area contributed by atoms with Crippen LogP contribution in [0.4, 0.5) is 5.69 Å². The van der Waals surface area contributed by atoms with E-state index in [0.717, 1.165) is 10.3 Å². The summed E-state index contributed by atoms with van der Waals surface area (Å²) in [6, 6.07) is 4.92. The van der Waals surface area contributed by atoms with Gasteiger partial charge in [-0.15, -0.1) is 0 Å². The van der Waals surface area contributed by atoms with Crippen molar-refractivity contribution in [1.82, 2.24) is 14.9 Å². The van der Waals surface area contributed by atoms with Gasteiger partial charge in [-0.3, -0.25) is 10.1 Å². The average molecular weight is 325 g/mol. The minimum Gasteiger partial charge on any atom is -0.337 e. The molecule has 7 heteroatoms. The number of nitrogens with zero attached hydrogens (tertiary/aromatic N) is 3. The molecule has 0 aliphatic carbocycles. The van der Waals surface area contributed by atoms with Crippen molar-refractivity contribution in [2.75, 3.05) is 0 Å². The van der Waals surface area contributed by atoms with Gasteiger partial charge in [0, 0.05) is 42.1 Å². The van der Waals surface area contributed by atoms with E-state index in [0.29, 0.717) is 18.7 Å². The zero-order valence-corrected chi connectivity index (χ0v) is 11.9. The molecule has 1 N–H and O–H groups in total. The molecule has 2 rings (SSSR count). The first-order valence-corrected chi connectivity index (χ1v) is 6.47. The zero-order chi connectivity index (χ0) is 13.8. The van der Waals surface area contributed by atoms with Crippen LogP contribution in [0, 0.1) is 10.1 Å². The number of nitrogens with one attached hydrogen (secondary N) is 1. The normalized spacial score (nSPS) is 10.6. The van der Waals surface area contributed by atoms with E-state index >= 15 is 0 Å². The molecule has 0 radical (unpaired) electrons. The van der Waals surface area contributed by atoms with Gasteiger partial charge in [0.05, 0.1) is 11.5 Å². The molecular weight excluding hydrogens is 312 g/mol. The van der Waals surface area contributed by atoms with Crippen molar-refractivity contribution in [2.24, 2.45) is 7.05 Å². The molecule has 0 atom stereocenters. The van der Waals surface area contributed by atoms with E-state index < -0.39 is 0 Å². The Morgan fingerprint density at radius 2 is 2.26 bits per heavy atom. The fourth-order valence-corrected chi connectivity index (χ4v) is 2.16. The molecule has 2 aromatic rings. The highest BCUT2D eigenvalue weighted by Crippen LogP contribution is 2.22. The SMILES string of the molecule is Cn1ccnc1CNCc1cc(Br)ccc1[N+](=O)[O-]. The number of nitro groups is 1. The van der Waals surface area contributed by atoms with Crippen LogP contribution in [0.1, 0.15) is 11.4 Å². The predicted molar refractivity (Wildman–Crippen MR) is 74.5 cm³/mol. The highest BCUT2D eigenvalue weighted by Gasteiger charge is 2.13. The number of hydrogen-bond donors (Lipinski definition) is 1. The summed E-state index contributed by atoms with van der Waals surface area (Å²) < 4.78 is 2.73. The number of imidazole rings is 1. The lowest BCUT2D eigenvalue weighted by Crippen LogP contribution is -2.16. The Kier molecular flexibility index (Phi) is 4.28. The number of nitro benzene ring substituents is 1. The highest BCUT2D eigenvalue weighted by molar-refractivity contribution is 9.10. The van der Waals surface area contributed by atoms with E-state index in [4.69, 9.17) is 0 Å². The number of halogens is 1. The maximum atomic E-state index is 10.9. The largest absolute Gasteiger partial charge is 0.337 e. The number of aromatic nitrogens is 2. The molecule has 0 bridgehead atoms. The molecule has 0 unspecified atom stereocenters. The van der Waals surface area contributed by atoms with Crippen LogP contribution in [0.2, 0.25) is 0 Å². The molecule has 0 saturated carbocycles. The van der Waals surface area contributed by atoms with Crippen LogP contribution in [0.15, 0.2) is 35.1 Å². The van der Waals surface area contributed by atoms with Crippen molar-refractivity contribution >= 4 is 21.6 Å². The van der Waals surface area contributed by atoms with Crippen molar-refractivity contribution in [3.05, 3.63) is 56.6 Å². The van der Waals surface area contributed by atoms with E-state index in [1.54, 1.807) is 18.3 Å². The highest BCUT2D eigenvalue weighted by atomic mass is 79.9. The molecule has 1 aromatic heterocycles. The molecule has 19 heavy (non-hydrogen) atoms. The molecule has 0 aliphatic heterocycles. The standard InChI is InChI=1S/C12H13BrN4O2/c1-16-5-4-15-12(16)8-14-7-9-6-10(13)2-3-11(9)17(18)19/h2-6,14H,7-8H2,1H3. The van der Waals surface area contributed by atoms with E-state index in [1.807, 2.05) is 17.8 Å². The second-order valence-electron chi connectivity index (χ2n) is 4.09. The third-order valence-electron chi connectivity index (χ3n) is 2.76. The fourth-order valence-electron chi connectivity index (χ4n) is 1.75. The minimum absolute atomic E-state index is 0.121. The van der Waals surface area contributed by atoms with Crippen LogP contribution in [0.3, 0.4) is 0 Å². The van der Waals surface area contributed by atoms with Crippen molar-refractivity contribution in [3.8, 4) is 0 Å². The predicted octanol–water partition coefficient (Wildman–Crippen LogP) is 2.38.